The Morgan fingerprint density at radius 1 is 1.00 bits per heavy atom. The molecule has 4 heteroatoms. The lowest BCUT2D eigenvalue weighted by Gasteiger charge is -2.66. The molecule has 3 saturated carbocycles. The fraction of sp³-hybridized carbons (Fsp3) is 0.742. The third-order valence-electron chi connectivity index (χ3n) is 11.1. The van der Waals surface area contributed by atoms with Crippen LogP contribution in [0.3, 0.4) is 0 Å². The monoisotopic (exact) mass is 484 g/mol. The smallest absolute Gasteiger partial charge is 0.330 e. The topological polar surface area (TPSA) is 63.6 Å². The molecule has 7 atom stereocenters. The van der Waals surface area contributed by atoms with E-state index in [9.17, 15) is 9.59 Å². The first-order valence-corrected chi connectivity index (χ1v) is 13.6. The standard InChI is InChI=1S/C31H48O4/c1-20(2)24-15-19-31(7)26(29(24,5)17-16-27(32)35-8)13-12-25-23(14-18-30(25,31)6)21(3)10-9-11-22(4)28(33)34/h11,23-26H,1,3,9-10,12-19H2,2,4-8H3,(H,33,34)/t23-,24?,25+,26-,29+,30+,31-/m1/s1. The molecule has 0 aromatic heterocycles. The number of hydrogen-bond donors (Lipinski definition) is 1. The summed E-state index contributed by atoms with van der Waals surface area (Å²) in [5.74, 6) is 1.22. The van der Waals surface area contributed by atoms with Crippen molar-refractivity contribution in [2.75, 3.05) is 7.11 Å². The fourth-order valence-electron chi connectivity index (χ4n) is 8.98. The Morgan fingerprint density at radius 2 is 1.66 bits per heavy atom. The van der Waals surface area contributed by atoms with Crippen molar-refractivity contribution in [1.29, 1.82) is 0 Å². The van der Waals surface area contributed by atoms with Gasteiger partial charge in [-0.15, -0.1) is 0 Å². The maximum Gasteiger partial charge on any atom is 0.330 e. The number of carbonyl (C=O) groups excluding carboxylic acids is 1. The van der Waals surface area contributed by atoms with Crippen molar-refractivity contribution in [3.63, 3.8) is 0 Å². The first kappa shape index (κ1) is 27.7. The van der Waals surface area contributed by atoms with Crippen LogP contribution >= 0.6 is 0 Å². The van der Waals surface area contributed by atoms with E-state index in [4.69, 9.17) is 9.84 Å². The van der Waals surface area contributed by atoms with Crippen molar-refractivity contribution in [3.05, 3.63) is 36.0 Å². The highest BCUT2D eigenvalue weighted by Gasteiger charge is 2.65. The molecule has 0 bridgehead atoms. The van der Waals surface area contributed by atoms with Gasteiger partial charge in [-0.25, -0.2) is 4.79 Å². The summed E-state index contributed by atoms with van der Waals surface area (Å²) in [6, 6.07) is 0. The molecule has 4 nitrogen and oxygen atoms in total. The molecule has 0 spiro atoms. The Kier molecular flexibility index (Phi) is 8.13. The number of aliphatic carboxylic acids is 1. The Morgan fingerprint density at radius 3 is 2.26 bits per heavy atom. The second-order valence-corrected chi connectivity index (χ2v) is 12.6. The van der Waals surface area contributed by atoms with Gasteiger partial charge in [-0.3, -0.25) is 4.79 Å². The highest BCUT2D eigenvalue weighted by atomic mass is 16.5. The summed E-state index contributed by atoms with van der Waals surface area (Å²) in [6.07, 6.45) is 12.0. The van der Waals surface area contributed by atoms with Gasteiger partial charge in [0.05, 0.1) is 7.11 Å². The van der Waals surface area contributed by atoms with Gasteiger partial charge in [-0.2, -0.15) is 0 Å². The van der Waals surface area contributed by atoms with Gasteiger partial charge in [0.25, 0.3) is 0 Å². The molecule has 0 aliphatic heterocycles. The summed E-state index contributed by atoms with van der Waals surface area (Å²) in [7, 11) is 1.49. The van der Waals surface area contributed by atoms with Crippen LogP contribution in [0.4, 0.5) is 0 Å². The lowest BCUT2D eigenvalue weighted by Crippen LogP contribution is -2.59. The quantitative estimate of drug-likeness (QED) is 0.206. The van der Waals surface area contributed by atoms with E-state index in [1.807, 2.05) is 6.08 Å². The maximum absolute atomic E-state index is 12.2. The zero-order chi connectivity index (χ0) is 26.2. The number of hydrogen-bond acceptors (Lipinski definition) is 3. The van der Waals surface area contributed by atoms with Gasteiger partial charge in [0.1, 0.15) is 0 Å². The van der Waals surface area contributed by atoms with Crippen LogP contribution in [0.15, 0.2) is 36.0 Å². The fourth-order valence-corrected chi connectivity index (χ4v) is 8.98. The van der Waals surface area contributed by atoms with Gasteiger partial charge in [0.2, 0.25) is 0 Å². The van der Waals surface area contributed by atoms with E-state index in [0.29, 0.717) is 35.7 Å². The van der Waals surface area contributed by atoms with E-state index in [1.54, 1.807) is 6.92 Å². The molecule has 3 aliphatic carbocycles. The average Bonchev–Trinajstić information content (AvgIpc) is 3.15. The van der Waals surface area contributed by atoms with Crippen molar-refractivity contribution in [2.45, 2.75) is 98.8 Å². The molecule has 0 heterocycles. The summed E-state index contributed by atoms with van der Waals surface area (Å²) in [4.78, 5) is 23.3. The van der Waals surface area contributed by atoms with Crippen LogP contribution in [0.5, 0.6) is 0 Å². The SMILES string of the molecule is C=C(C)C1CC[C@]2(C)[C@H](CC[C@H]3[C@@H](C(=C)CCC=C(C)C(=O)O)CC[C@@]32C)[C@@]1(C)CCC(=O)OC. The molecule has 0 aromatic rings. The molecule has 1 unspecified atom stereocenters. The van der Waals surface area contributed by atoms with Gasteiger partial charge in [-0.1, -0.05) is 51.2 Å². The predicted molar refractivity (Wildman–Crippen MR) is 142 cm³/mol. The number of fused-ring (bicyclic) bond motifs is 3. The summed E-state index contributed by atoms with van der Waals surface area (Å²) in [5.41, 5.74) is 3.51. The number of esters is 1. The summed E-state index contributed by atoms with van der Waals surface area (Å²) in [5, 5.41) is 9.14. The van der Waals surface area contributed by atoms with Crippen LogP contribution < -0.4 is 0 Å². The molecule has 196 valence electrons. The largest absolute Gasteiger partial charge is 0.478 e. The van der Waals surface area contributed by atoms with Gasteiger partial charge in [0.15, 0.2) is 0 Å². The number of ether oxygens (including phenoxy) is 1. The van der Waals surface area contributed by atoms with Crippen molar-refractivity contribution >= 4 is 11.9 Å². The summed E-state index contributed by atoms with van der Waals surface area (Å²) in [6.45, 7) is 20.3. The molecule has 0 radical (unpaired) electrons. The minimum Gasteiger partial charge on any atom is -0.478 e. The molecule has 0 aromatic carbocycles. The maximum atomic E-state index is 12.2. The Hall–Kier alpha value is -1.84. The molecule has 3 rings (SSSR count). The molecule has 3 aliphatic rings. The molecule has 1 N–H and O–H groups in total. The van der Waals surface area contributed by atoms with Crippen LogP contribution in [0.2, 0.25) is 0 Å². The first-order valence-electron chi connectivity index (χ1n) is 13.6. The molecule has 0 saturated heterocycles. The number of carbonyl (C=O) groups is 2. The third-order valence-corrected chi connectivity index (χ3v) is 11.1. The van der Waals surface area contributed by atoms with E-state index in [1.165, 1.54) is 50.4 Å². The number of rotatable bonds is 9. The number of allylic oxidation sites excluding steroid dienone is 3. The zero-order valence-corrected chi connectivity index (χ0v) is 23.0. The second kappa shape index (κ2) is 10.3. The van der Waals surface area contributed by atoms with Gasteiger partial charge < -0.3 is 9.84 Å². The van der Waals surface area contributed by atoms with Crippen LogP contribution in [0.25, 0.3) is 0 Å². The van der Waals surface area contributed by atoms with E-state index in [0.717, 1.165) is 25.7 Å². The van der Waals surface area contributed by atoms with E-state index < -0.39 is 5.97 Å². The normalized spacial score (nSPS) is 38.9. The lowest BCUT2D eigenvalue weighted by atomic mass is 9.38. The molecule has 35 heavy (non-hydrogen) atoms. The highest BCUT2D eigenvalue weighted by Crippen LogP contribution is 2.73. The third kappa shape index (κ3) is 4.79. The Balaban J connectivity index is 1.84. The van der Waals surface area contributed by atoms with Gasteiger partial charge in [0, 0.05) is 12.0 Å². The van der Waals surface area contributed by atoms with E-state index >= 15 is 0 Å². The minimum absolute atomic E-state index is 0.0508. The van der Waals surface area contributed by atoms with Crippen molar-refractivity contribution in [1.82, 2.24) is 0 Å². The molecule has 0 amide bonds. The van der Waals surface area contributed by atoms with Crippen molar-refractivity contribution < 1.29 is 19.4 Å². The Labute approximate surface area is 213 Å². The van der Waals surface area contributed by atoms with Gasteiger partial charge in [-0.05, 0) is 112 Å². The number of carboxylic acid groups (broad SMARTS) is 1. The summed E-state index contributed by atoms with van der Waals surface area (Å²) < 4.78 is 5.03. The van der Waals surface area contributed by atoms with Crippen LogP contribution in [-0.4, -0.2) is 24.2 Å². The van der Waals surface area contributed by atoms with E-state index in [2.05, 4.69) is 40.9 Å². The summed E-state index contributed by atoms with van der Waals surface area (Å²) >= 11 is 0. The van der Waals surface area contributed by atoms with Gasteiger partial charge >= 0.3 is 11.9 Å². The number of methoxy groups -OCH3 is 1. The number of carboxylic acids is 1. The highest BCUT2D eigenvalue weighted by molar-refractivity contribution is 5.85. The van der Waals surface area contributed by atoms with E-state index in [-0.39, 0.29) is 22.2 Å². The van der Waals surface area contributed by atoms with Crippen LogP contribution in [0.1, 0.15) is 98.8 Å². The van der Waals surface area contributed by atoms with Crippen LogP contribution in [0, 0.1) is 39.9 Å². The zero-order valence-electron chi connectivity index (χ0n) is 23.0. The average molecular weight is 485 g/mol. The van der Waals surface area contributed by atoms with Crippen molar-refractivity contribution in [2.24, 2.45) is 39.9 Å². The lowest BCUT2D eigenvalue weighted by molar-refractivity contribution is -0.169. The first-order chi connectivity index (χ1) is 16.3. The molecule has 3 fully saturated rings. The molecular formula is C31H48O4. The predicted octanol–water partition coefficient (Wildman–Crippen LogP) is 7.75. The van der Waals surface area contributed by atoms with Crippen molar-refractivity contribution in [3.8, 4) is 0 Å². The molecular weight excluding hydrogens is 436 g/mol. The van der Waals surface area contributed by atoms with Crippen LogP contribution in [-0.2, 0) is 14.3 Å². The minimum atomic E-state index is -0.837. The Bertz CT molecular complexity index is 900. The second-order valence-electron chi connectivity index (χ2n) is 12.6.